The number of fused-ring (bicyclic) bond motifs is 1. The first-order valence-electron chi connectivity index (χ1n) is 17.2. The number of aryl methyl sites for hydroxylation is 1. The SMILES string of the molecule is C=CCn1c(=O)c2cnc(Nc3ccc(N(C)C(=O)CCCCCCCCOc4cccc(C)c4)cc3)nc2n1-c1cccc(C(C)(C)O)n1. The summed E-state index contributed by atoms with van der Waals surface area (Å²) < 4.78 is 8.93. The number of unbranched alkanes of at least 4 members (excludes halogenated alkanes) is 5. The summed E-state index contributed by atoms with van der Waals surface area (Å²) in [5.41, 5.74) is 2.08. The van der Waals surface area contributed by atoms with Crippen molar-refractivity contribution in [1.82, 2.24) is 24.3 Å². The van der Waals surface area contributed by atoms with E-state index in [1.54, 1.807) is 54.8 Å². The number of aliphatic hydroxyl groups is 1. The number of hydrogen-bond acceptors (Lipinski definition) is 8. The molecule has 0 spiro atoms. The minimum absolute atomic E-state index is 0.0790. The zero-order valence-electron chi connectivity index (χ0n) is 29.4. The third kappa shape index (κ3) is 9.03. The molecule has 0 bridgehead atoms. The van der Waals surface area contributed by atoms with E-state index in [-0.39, 0.29) is 24.0 Å². The average Bonchev–Trinajstić information content (AvgIpc) is 3.37. The Morgan fingerprint density at radius 1 is 1.00 bits per heavy atom. The Bertz CT molecular complexity index is 1980. The topological polar surface area (TPSA) is 127 Å². The molecule has 0 fully saturated rings. The van der Waals surface area contributed by atoms with Crippen LogP contribution in [0.5, 0.6) is 5.75 Å². The summed E-state index contributed by atoms with van der Waals surface area (Å²) in [7, 11) is 1.80. The zero-order valence-corrected chi connectivity index (χ0v) is 29.4. The first-order chi connectivity index (χ1) is 24.0. The fourth-order valence-electron chi connectivity index (χ4n) is 5.68. The summed E-state index contributed by atoms with van der Waals surface area (Å²) in [6.07, 6.45) is 9.89. The van der Waals surface area contributed by atoms with E-state index in [0.29, 0.717) is 29.0 Å². The number of pyridine rings is 1. The van der Waals surface area contributed by atoms with Crippen molar-refractivity contribution < 1.29 is 14.6 Å². The third-order valence-electron chi connectivity index (χ3n) is 8.48. The van der Waals surface area contributed by atoms with Gasteiger partial charge in [-0.05, 0) is 87.7 Å². The lowest BCUT2D eigenvalue weighted by Gasteiger charge is -2.18. The molecule has 0 radical (unpaired) electrons. The molecule has 1 amide bonds. The van der Waals surface area contributed by atoms with Crippen LogP contribution in [-0.2, 0) is 16.9 Å². The molecule has 3 heterocycles. The molecule has 0 unspecified atom stereocenters. The van der Waals surface area contributed by atoms with Crippen LogP contribution in [0.4, 0.5) is 17.3 Å². The van der Waals surface area contributed by atoms with Crippen molar-refractivity contribution in [2.75, 3.05) is 23.9 Å². The van der Waals surface area contributed by atoms with Gasteiger partial charge in [-0.25, -0.2) is 19.3 Å². The van der Waals surface area contributed by atoms with Gasteiger partial charge in [0.2, 0.25) is 11.9 Å². The van der Waals surface area contributed by atoms with Crippen molar-refractivity contribution in [2.45, 2.75) is 77.9 Å². The molecule has 0 atom stereocenters. The van der Waals surface area contributed by atoms with Gasteiger partial charge in [-0.2, -0.15) is 4.98 Å². The number of amides is 1. The first kappa shape index (κ1) is 36.0. The number of aromatic nitrogens is 5. The summed E-state index contributed by atoms with van der Waals surface area (Å²) in [4.78, 5) is 41.6. The highest BCUT2D eigenvalue weighted by atomic mass is 16.5. The summed E-state index contributed by atoms with van der Waals surface area (Å²) in [6.45, 7) is 10.1. The summed E-state index contributed by atoms with van der Waals surface area (Å²) in [5.74, 6) is 1.73. The van der Waals surface area contributed by atoms with E-state index in [2.05, 4.69) is 45.9 Å². The van der Waals surface area contributed by atoms with Gasteiger partial charge < -0.3 is 20.1 Å². The van der Waals surface area contributed by atoms with E-state index in [1.165, 1.54) is 16.4 Å². The van der Waals surface area contributed by atoms with E-state index in [9.17, 15) is 14.7 Å². The fraction of sp³-hybridized carbons (Fsp3) is 0.359. The molecule has 2 aromatic carbocycles. The first-order valence-corrected chi connectivity index (χ1v) is 17.2. The normalized spacial score (nSPS) is 11.5. The molecule has 0 aliphatic rings. The van der Waals surface area contributed by atoms with Crippen molar-refractivity contribution >= 4 is 34.3 Å². The number of carbonyl (C=O) groups excluding carboxylic acids is 1. The predicted molar refractivity (Wildman–Crippen MR) is 198 cm³/mol. The molecular weight excluding hydrogens is 630 g/mol. The predicted octanol–water partition coefficient (Wildman–Crippen LogP) is 7.22. The van der Waals surface area contributed by atoms with Gasteiger partial charge in [0.15, 0.2) is 11.5 Å². The quantitative estimate of drug-likeness (QED) is 0.0781. The Morgan fingerprint density at radius 2 is 1.72 bits per heavy atom. The van der Waals surface area contributed by atoms with Crippen LogP contribution >= 0.6 is 0 Å². The van der Waals surface area contributed by atoms with Crippen LogP contribution in [0.2, 0.25) is 0 Å². The lowest BCUT2D eigenvalue weighted by Crippen LogP contribution is -2.25. The Hall–Kier alpha value is -5.29. The molecule has 50 heavy (non-hydrogen) atoms. The van der Waals surface area contributed by atoms with Crippen LogP contribution in [0.3, 0.4) is 0 Å². The smallest absolute Gasteiger partial charge is 0.278 e. The number of allylic oxidation sites excluding steroid dienone is 1. The van der Waals surface area contributed by atoms with Crippen molar-refractivity contribution in [3.8, 4) is 11.6 Å². The highest BCUT2D eigenvalue weighted by Crippen LogP contribution is 2.24. The van der Waals surface area contributed by atoms with Gasteiger partial charge in [-0.15, -0.1) is 6.58 Å². The van der Waals surface area contributed by atoms with Crippen LogP contribution in [0, 0.1) is 6.92 Å². The number of carbonyl (C=O) groups is 1. The van der Waals surface area contributed by atoms with Gasteiger partial charge in [-0.3, -0.25) is 9.59 Å². The molecule has 3 aromatic heterocycles. The van der Waals surface area contributed by atoms with Crippen molar-refractivity contribution in [2.24, 2.45) is 0 Å². The van der Waals surface area contributed by atoms with Gasteiger partial charge in [0.25, 0.3) is 5.56 Å². The maximum absolute atomic E-state index is 13.3. The van der Waals surface area contributed by atoms with Crippen molar-refractivity contribution in [3.05, 3.63) is 107 Å². The summed E-state index contributed by atoms with van der Waals surface area (Å²) >= 11 is 0. The van der Waals surface area contributed by atoms with Gasteiger partial charge in [0.1, 0.15) is 16.7 Å². The highest BCUT2D eigenvalue weighted by molar-refractivity contribution is 5.93. The molecule has 2 N–H and O–H groups in total. The van der Waals surface area contributed by atoms with Crippen LogP contribution in [0.1, 0.15) is 70.1 Å². The summed E-state index contributed by atoms with van der Waals surface area (Å²) in [5, 5.41) is 14.1. The Labute approximate surface area is 293 Å². The lowest BCUT2D eigenvalue weighted by molar-refractivity contribution is -0.118. The van der Waals surface area contributed by atoms with Gasteiger partial charge in [0.05, 0.1) is 18.8 Å². The average molecular weight is 678 g/mol. The molecule has 0 aliphatic carbocycles. The molecule has 0 saturated heterocycles. The molecular formula is C39H47N7O4. The van der Waals surface area contributed by atoms with Gasteiger partial charge >= 0.3 is 0 Å². The van der Waals surface area contributed by atoms with E-state index < -0.39 is 5.60 Å². The van der Waals surface area contributed by atoms with Crippen LogP contribution < -0.4 is 20.5 Å². The largest absolute Gasteiger partial charge is 0.494 e. The minimum atomic E-state index is -1.17. The van der Waals surface area contributed by atoms with E-state index in [1.807, 2.05) is 36.4 Å². The second kappa shape index (κ2) is 16.4. The fourth-order valence-corrected chi connectivity index (χ4v) is 5.68. The zero-order chi connectivity index (χ0) is 35.7. The molecule has 5 rings (SSSR count). The third-order valence-corrected chi connectivity index (χ3v) is 8.48. The Morgan fingerprint density at radius 3 is 2.44 bits per heavy atom. The second-order valence-corrected chi connectivity index (χ2v) is 13.0. The van der Waals surface area contributed by atoms with Crippen LogP contribution in [0.15, 0.2) is 90.4 Å². The lowest BCUT2D eigenvalue weighted by atomic mass is 10.1. The Kier molecular flexibility index (Phi) is 11.8. The molecule has 11 nitrogen and oxygen atoms in total. The van der Waals surface area contributed by atoms with Gasteiger partial charge in [0, 0.05) is 31.0 Å². The monoisotopic (exact) mass is 677 g/mol. The van der Waals surface area contributed by atoms with Crippen LogP contribution in [0.25, 0.3) is 16.9 Å². The number of rotatable bonds is 17. The maximum atomic E-state index is 13.3. The van der Waals surface area contributed by atoms with E-state index in [0.717, 1.165) is 62.3 Å². The van der Waals surface area contributed by atoms with E-state index in [4.69, 9.17) is 4.74 Å². The molecule has 0 saturated carbocycles. The standard InChI is InChI=1S/C39H47N7O4/c1-6-24-45-37(48)32-27-40-38(43-36(32)46(45)34-18-14-17-33(42-34)39(3,4)49)41-29-20-22-30(23-21-29)44(5)35(47)19-11-9-7-8-10-12-25-50-31-16-13-15-28(2)26-31/h6,13-18,20-23,26-27,49H,1,7-12,19,24-25H2,2-5H3,(H,40,41,43). The highest BCUT2D eigenvalue weighted by Gasteiger charge is 2.22. The molecule has 0 aliphatic heterocycles. The maximum Gasteiger partial charge on any atom is 0.278 e. The van der Waals surface area contributed by atoms with Crippen LogP contribution in [-0.4, -0.2) is 49.0 Å². The molecule has 5 aromatic rings. The Balaban J connectivity index is 1.14. The number of ether oxygens (including phenoxy) is 1. The minimum Gasteiger partial charge on any atom is -0.494 e. The summed E-state index contributed by atoms with van der Waals surface area (Å²) in [6, 6.07) is 20.9. The number of anilines is 3. The second-order valence-electron chi connectivity index (χ2n) is 13.0. The van der Waals surface area contributed by atoms with Crippen molar-refractivity contribution in [1.29, 1.82) is 0 Å². The number of benzene rings is 2. The number of nitrogens with zero attached hydrogens (tertiary/aromatic N) is 6. The van der Waals surface area contributed by atoms with Gasteiger partial charge in [-0.1, -0.05) is 50.0 Å². The van der Waals surface area contributed by atoms with Crippen molar-refractivity contribution in [3.63, 3.8) is 0 Å². The number of hydrogen-bond donors (Lipinski definition) is 2. The number of nitrogens with one attached hydrogen (secondary N) is 1. The molecule has 11 heteroatoms. The van der Waals surface area contributed by atoms with E-state index >= 15 is 0 Å². The molecule has 262 valence electrons.